The van der Waals surface area contributed by atoms with Gasteiger partial charge in [-0.2, -0.15) is 0 Å². The summed E-state index contributed by atoms with van der Waals surface area (Å²) in [6.07, 6.45) is 1.93. The van der Waals surface area contributed by atoms with Crippen molar-refractivity contribution in [2.45, 2.75) is 4.90 Å². The van der Waals surface area contributed by atoms with Crippen LogP contribution in [0.2, 0.25) is 0 Å². The normalized spacial score (nSPS) is 9.90. The summed E-state index contributed by atoms with van der Waals surface area (Å²) in [5, 5.41) is 0. The van der Waals surface area contributed by atoms with Crippen molar-refractivity contribution >= 4 is 34.4 Å². The summed E-state index contributed by atoms with van der Waals surface area (Å²) in [5.74, 6) is -0.132. The van der Waals surface area contributed by atoms with Gasteiger partial charge in [0.25, 0.3) is 0 Å². The molecule has 54 valence electrons. The average molecular weight is 268 g/mol. The van der Waals surface area contributed by atoms with Crippen LogP contribution in [0, 0.1) is 9.39 Å². The standard InChI is InChI=1S/C7H6FIS/c1-10-5-2-3-7(9)6(8)4-5/h2-4H,1H3. The van der Waals surface area contributed by atoms with Gasteiger partial charge >= 0.3 is 0 Å². The molecule has 1 aromatic carbocycles. The van der Waals surface area contributed by atoms with Crippen molar-refractivity contribution < 1.29 is 4.39 Å². The van der Waals surface area contributed by atoms with E-state index in [-0.39, 0.29) is 5.82 Å². The first-order valence-corrected chi connectivity index (χ1v) is 5.03. The maximum absolute atomic E-state index is 12.7. The van der Waals surface area contributed by atoms with Gasteiger partial charge in [-0.25, -0.2) is 4.39 Å². The van der Waals surface area contributed by atoms with Crippen molar-refractivity contribution in [3.63, 3.8) is 0 Å². The summed E-state index contributed by atoms with van der Waals surface area (Å²) in [6, 6.07) is 5.24. The first kappa shape index (κ1) is 8.33. The minimum Gasteiger partial charge on any atom is -0.206 e. The molecule has 0 aromatic heterocycles. The van der Waals surface area contributed by atoms with E-state index in [1.807, 2.05) is 34.9 Å². The Balaban J connectivity index is 3.04. The molecule has 0 heterocycles. The highest BCUT2D eigenvalue weighted by Gasteiger charge is 1.97. The Labute approximate surface area is 77.3 Å². The van der Waals surface area contributed by atoms with Gasteiger partial charge in [0, 0.05) is 8.47 Å². The van der Waals surface area contributed by atoms with Gasteiger partial charge in [-0.15, -0.1) is 11.8 Å². The maximum Gasteiger partial charge on any atom is 0.137 e. The van der Waals surface area contributed by atoms with Gasteiger partial charge in [-0.1, -0.05) is 0 Å². The molecule has 1 aromatic rings. The monoisotopic (exact) mass is 268 g/mol. The highest BCUT2D eigenvalue weighted by Crippen LogP contribution is 2.18. The Bertz CT molecular complexity index is 237. The predicted molar refractivity (Wildman–Crippen MR) is 50.9 cm³/mol. The van der Waals surface area contributed by atoms with Crippen molar-refractivity contribution in [2.75, 3.05) is 6.26 Å². The Morgan fingerprint density at radius 3 is 2.70 bits per heavy atom. The molecule has 10 heavy (non-hydrogen) atoms. The second-order valence-corrected chi connectivity index (χ2v) is 3.82. The molecule has 0 fully saturated rings. The molecule has 0 N–H and O–H groups in total. The van der Waals surface area contributed by atoms with E-state index in [0.717, 1.165) is 4.90 Å². The van der Waals surface area contributed by atoms with Gasteiger partial charge in [0.2, 0.25) is 0 Å². The molecule has 0 amide bonds. The second kappa shape index (κ2) is 3.57. The van der Waals surface area contributed by atoms with Crippen LogP contribution in [0.15, 0.2) is 23.1 Å². The molecular weight excluding hydrogens is 262 g/mol. The lowest BCUT2D eigenvalue weighted by Gasteiger charge is -1.96. The molecule has 0 saturated carbocycles. The SMILES string of the molecule is CSc1ccc(I)c(F)c1. The lowest BCUT2D eigenvalue weighted by Crippen LogP contribution is -1.80. The third kappa shape index (κ3) is 1.85. The molecule has 0 aliphatic carbocycles. The zero-order chi connectivity index (χ0) is 7.56. The quantitative estimate of drug-likeness (QED) is 0.557. The van der Waals surface area contributed by atoms with Crippen LogP contribution in [0.4, 0.5) is 4.39 Å². The summed E-state index contributed by atoms with van der Waals surface area (Å²) in [4.78, 5) is 0.970. The summed E-state index contributed by atoms with van der Waals surface area (Å²) in [7, 11) is 0. The summed E-state index contributed by atoms with van der Waals surface area (Å²) >= 11 is 3.52. The van der Waals surface area contributed by atoms with E-state index in [9.17, 15) is 4.39 Å². The first-order valence-electron chi connectivity index (χ1n) is 2.73. The smallest absolute Gasteiger partial charge is 0.137 e. The fraction of sp³-hybridized carbons (Fsp3) is 0.143. The van der Waals surface area contributed by atoms with Crippen LogP contribution in [0.1, 0.15) is 0 Å². The number of hydrogen-bond donors (Lipinski definition) is 0. The lowest BCUT2D eigenvalue weighted by atomic mass is 10.3. The molecule has 0 spiro atoms. The van der Waals surface area contributed by atoms with Gasteiger partial charge in [-0.05, 0) is 47.0 Å². The minimum absolute atomic E-state index is 0.132. The van der Waals surface area contributed by atoms with Crippen molar-refractivity contribution in [2.24, 2.45) is 0 Å². The second-order valence-electron chi connectivity index (χ2n) is 1.78. The molecule has 0 radical (unpaired) electrons. The molecule has 0 bridgehead atoms. The van der Waals surface area contributed by atoms with Crippen LogP contribution in [0.3, 0.4) is 0 Å². The van der Waals surface area contributed by atoms with E-state index in [1.54, 1.807) is 23.9 Å². The summed E-state index contributed by atoms with van der Waals surface area (Å²) in [5.41, 5.74) is 0. The van der Waals surface area contributed by atoms with Crippen LogP contribution in [0.5, 0.6) is 0 Å². The number of halogens is 2. The van der Waals surface area contributed by atoms with Crippen LogP contribution in [0.25, 0.3) is 0 Å². The van der Waals surface area contributed by atoms with E-state index in [0.29, 0.717) is 3.57 Å². The molecule has 0 aliphatic rings. The molecule has 3 heteroatoms. The molecule has 0 unspecified atom stereocenters. The number of thioether (sulfide) groups is 1. The molecule has 0 atom stereocenters. The largest absolute Gasteiger partial charge is 0.206 e. The highest BCUT2D eigenvalue weighted by atomic mass is 127. The molecule has 1 rings (SSSR count). The molecule has 0 saturated heterocycles. The van der Waals surface area contributed by atoms with Crippen molar-refractivity contribution in [1.29, 1.82) is 0 Å². The minimum atomic E-state index is -0.132. The zero-order valence-corrected chi connectivity index (χ0v) is 8.37. The molecular formula is C7H6FIS. The lowest BCUT2D eigenvalue weighted by molar-refractivity contribution is 0.616. The third-order valence-electron chi connectivity index (χ3n) is 1.13. The number of benzene rings is 1. The van der Waals surface area contributed by atoms with E-state index in [2.05, 4.69) is 0 Å². The Kier molecular flexibility index (Phi) is 2.97. The van der Waals surface area contributed by atoms with Crippen LogP contribution >= 0.6 is 34.4 Å². The van der Waals surface area contributed by atoms with Crippen molar-refractivity contribution in [1.82, 2.24) is 0 Å². The maximum atomic E-state index is 12.7. The van der Waals surface area contributed by atoms with Crippen molar-refractivity contribution in [3.05, 3.63) is 27.6 Å². The highest BCUT2D eigenvalue weighted by molar-refractivity contribution is 14.1. The van der Waals surface area contributed by atoms with E-state index >= 15 is 0 Å². The Morgan fingerprint density at radius 2 is 2.20 bits per heavy atom. The Hall–Kier alpha value is 0.230. The fourth-order valence-corrected chi connectivity index (χ4v) is 1.36. The molecule has 0 nitrogen and oxygen atoms in total. The first-order chi connectivity index (χ1) is 4.74. The third-order valence-corrected chi connectivity index (χ3v) is 2.73. The topological polar surface area (TPSA) is 0 Å². The van der Waals surface area contributed by atoms with Crippen LogP contribution in [-0.2, 0) is 0 Å². The van der Waals surface area contributed by atoms with Gasteiger partial charge in [0.1, 0.15) is 5.82 Å². The van der Waals surface area contributed by atoms with Gasteiger partial charge in [0.05, 0.1) is 0 Å². The van der Waals surface area contributed by atoms with Gasteiger partial charge < -0.3 is 0 Å². The van der Waals surface area contributed by atoms with Crippen LogP contribution < -0.4 is 0 Å². The number of hydrogen-bond acceptors (Lipinski definition) is 1. The molecule has 0 aliphatic heterocycles. The number of rotatable bonds is 1. The van der Waals surface area contributed by atoms with Gasteiger partial charge in [0.15, 0.2) is 0 Å². The van der Waals surface area contributed by atoms with Gasteiger partial charge in [-0.3, -0.25) is 0 Å². The van der Waals surface area contributed by atoms with E-state index in [4.69, 9.17) is 0 Å². The predicted octanol–water partition coefficient (Wildman–Crippen LogP) is 3.15. The summed E-state index contributed by atoms with van der Waals surface area (Å²) < 4.78 is 13.4. The Morgan fingerprint density at radius 1 is 1.50 bits per heavy atom. The van der Waals surface area contributed by atoms with Crippen LogP contribution in [-0.4, -0.2) is 6.26 Å². The van der Waals surface area contributed by atoms with Crippen molar-refractivity contribution in [3.8, 4) is 0 Å². The fourth-order valence-electron chi connectivity index (χ4n) is 0.604. The van der Waals surface area contributed by atoms with E-state index < -0.39 is 0 Å². The average Bonchev–Trinajstić information content (AvgIpc) is 1.95. The zero-order valence-electron chi connectivity index (χ0n) is 5.40. The van der Waals surface area contributed by atoms with E-state index in [1.165, 1.54) is 0 Å². The summed E-state index contributed by atoms with van der Waals surface area (Å²) in [6.45, 7) is 0.